The van der Waals surface area contributed by atoms with Gasteiger partial charge in [0, 0.05) is 7.05 Å². The van der Waals surface area contributed by atoms with Crippen molar-refractivity contribution in [2.24, 2.45) is 7.05 Å². The van der Waals surface area contributed by atoms with E-state index in [-0.39, 0.29) is 0 Å². The van der Waals surface area contributed by atoms with E-state index in [0.717, 1.165) is 10.3 Å². The molecule has 0 aliphatic carbocycles. The Bertz CT molecular complexity index is 265. The van der Waals surface area contributed by atoms with Crippen molar-refractivity contribution in [3.8, 4) is 0 Å². The largest absolute Gasteiger partial charge is 0.369 e. The Hall–Kier alpha value is -0.510. The lowest BCUT2D eigenvalue weighted by atomic mass is 10.1. The maximum absolute atomic E-state index is 5.60. The summed E-state index contributed by atoms with van der Waals surface area (Å²) >= 11 is 3.36. The molecule has 0 unspecified atom stereocenters. The van der Waals surface area contributed by atoms with Crippen molar-refractivity contribution < 1.29 is 0 Å². The molecule has 0 amide bonds. The van der Waals surface area contributed by atoms with Crippen molar-refractivity contribution in [2.45, 2.75) is 19.8 Å². The second kappa shape index (κ2) is 2.85. The highest BCUT2D eigenvalue weighted by Crippen LogP contribution is 2.25. The lowest BCUT2D eigenvalue weighted by molar-refractivity contribution is 0.742. The molecule has 4 heteroatoms. The summed E-state index contributed by atoms with van der Waals surface area (Å²) < 4.78 is 2.75. The van der Waals surface area contributed by atoms with E-state index < -0.39 is 0 Å². The topological polar surface area (TPSA) is 43.8 Å². The van der Waals surface area contributed by atoms with Crippen molar-refractivity contribution in [1.29, 1.82) is 0 Å². The number of rotatable bonds is 1. The van der Waals surface area contributed by atoms with E-state index in [1.54, 1.807) is 0 Å². The first kappa shape index (κ1) is 8.59. The van der Waals surface area contributed by atoms with Crippen molar-refractivity contribution in [3.63, 3.8) is 0 Å². The van der Waals surface area contributed by atoms with Crippen molar-refractivity contribution in [2.75, 3.05) is 5.73 Å². The van der Waals surface area contributed by atoms with Crippen molar-refractivity contribution in [1.82, 2.24) is 9.55 Å². The molecule has 0 atom stereocenters. The van der Waals surface area contributed by atoms with Gasteiger partial charge in [-0.05, 0) is 21.8 Å². The van der Waals surface area contributed by atoms with Crippen LogP contribution in [0.2, 0.25) is 0 Å². The molecule has 0 saturated heterocycles. The van der Waals surface area contributed by atoms with Gasteiger partial charge in [-0.25, -0.2) is 4.98 Å². The molecular weight excluding hydrogens is 206 g/mol. The second-order valence-corrected chi connectivity index (χ2v) is 3.61. The summed E-state index contributed by atoms with van der Waals surface area (Å²) in [6, 6.07) is 0. The van der Waals surface area contributed by atoms with Crippen LogP contribution in [0, 0.1) is 0 Å². The molecule has 1 heterocycles. The van der Waals surface area contributed by atoms with Gasteiger partial charge in [-0.2, -0.15) is 0 Å². The third kappa shape index (κ3) is 1.40. The Morgan fingerprint density at radius 2 is 2.09 bits per heavy atom. The summed E-state index contributed by atoms with van der Waals surface area (Å²) in [6.45, 7) is 4.22. The third-order valence-electron chi connectivity index (χ3n) is 1.68. The first-order chi connectivity index (χ1) is 5.04. The number of anilines is 1. The van der Waals surface area contributed by atoms with E-state index in [1.165, 1.54) is 0 Å². The normalized spacial score (nSPS) is 11.0. The quantitative estimate of drug-likeness (QED) is 0.782. The highest BCUT2D eigenvalue weighted by atomic mass is 79.9. The van der Waals surface area contributed by atoms with E-state index in [1.807, 2.05) is 11.6 Å². The molecule has 0 aliphatic heterocycles. The van der Waals surface area contributed by atoms with E-state index in [4.69, 9.17) is 5.73 Å². The van der Waals surface area contributed by atoms with Crippen LogP contribution in [0.15, 0.2) is 4.60 Å². The van der Waals surface area contributed by atoms with Gasteiger partial charge in [-0.1, -0.05) is 13.8 Å². The van der Waals surface area contributed by atoms with Crippen LogP contribution in [0.5, 0.6) is 0 Å². The first-order valence-corrected chi connectivity index (χ1v) is 4.31. The Kier molecular flexibility index (Phi) is 2.23. The summed E-state index contributed by atoms with van der Waals surface area (Å²) in [5.74, 6) is 1.000. The van der Waals surface area contributed by atoms with Gasteiger partial charge in [-0.15, -0.1) is 0 Å². The number of nitrogens with two attached hydrogens (primary N) is 1. The minimum atomic E-state index is 0.444. The Morgan fingerprint density at radius 3 is 2.27 bits per heavy atom. The maximum Gasteiger partial charge on any atom is 0.201 e. The summed E-state index contributed by atoms with van der Waals surface area (Å²) in [7, 11) is 1.92. The van der Waals surface area contributed by atoms with Crippen molar-refractivity contribution >= 4 is 21.9 Å². The fourth-order valence-electron chi connectivity index (χ4n) is 1.12. The maximum atomic E-state index is 5.60. The highest BCUT2D eigenvalue weighted by Gasteiger charge is 2.12. The molecule has 3 nitrogen and oxygen atoms in total. The Labute approximate surface area is 74.7 Å². The predicted octanol–water partition coefficient (Wildman–Crippen LogP) is 1.89. The number of hydrogen-bond donors (Lipinski definition) is 1. The van der Waals surface area contributed by atoms with Gasteiger partial charge in [-0.3, -0.25) is 0 Å². The van der Waals surface area contributed by atoms with E-state index in [9.17, 15) is 0 Å². The summed E-state index contributed by atoms with van der Waals surface area (Å²) in [5, 5.41) is 0. The molecule has 0 saturated carbocycles. The molecule has 0 spiro atoms. The molecule has 2 N–H and O–H groups in total. The summed E-state index contributed by atoms with van der Waals surface area (Å²) in [6.07, 6.45) is 0. The van der Waals surface area contributed by atoms with Gasteiger partial charge in [0.25, 0.3) is 0 Å². The van der Waals surface area contributed by atoms with Gasteiger partial charge in [0.15, 0.2) is 0 Å². The van der Waals surface area contributed by atoms with Gasteiger partial charge < -0.3 is 10.3 Å². The number of imidazole rings is 1. The number of nitrogen functional groups attached to an aromatic ring is 1. The highest BCUT2D eigenvalue weighted by molar-refractivity contribution is 9.10. The number of nitrogens with zero attached hydrogens (tertiary/aromatic N) is 2. The molecule has 11 heavy (non-hydrogen) atoms. The van der Waals surface area contributed by atoms with Crippen LogP contribution >= 0.6 is 15.9 Å². The minimum absolute atomic E-state index is 0.444. The van der Waals surface area contributed by atoms with Crippen LogP contribution in [0.3, 0.4) is 0 Å². The minimum Gasteiger partial charge on any atom is -0.369 e. The van der Waals surface area contributed by atoms with Crippen LogP contribution in [0.25, 0.3) is 0 Å². The predicted molar refractivity (Wildman–Crippen MR) is 49.4 cm³/mol. The molecule has 62 valence electrons. The Balaban J connectivity index is 3.22. The zero-order chi connectivity index (χ0) is 8.59. The zero-order valence-corrected chi connectivity index (χ0v) is 8.51. The van der Waals surface area contributed by atoms with E-state index in [2.05, 4.69) is 34.8 Å². The van der Waals surface area contributed by atoms with Crippen LogP contribution in [0.1, 0.15) is 25.5 Å². The van der Waals surface area contributed by atoms with Gasteiger partial charge >= 0.3 is 0 Å². The van der Waals surface area contributed by atoms with Crippen molar-refractivity contribution in [3.05, 3.63) is 10.3 Å². The van der Waals surface area contributed by atoms with Crippen LogP contribution in [0.4, 0.5) is 5.95 Å². The summed E-state index contributed by atoms with van der Waals surface area (Å²) in [5.41, 5.74) is 6.74. The Morgan fingerprint density at radius 1 is 1.55 bits per heavy atom. The fraction of sp³-hybridized carbons (Fsp3) is 0.571. The molecule has 0 aromatic carbocycles. The molecule has 0 bridgehead atoms. The van der Waals surface area contributed by atoms with Gasteiger partial charge in [0.2, 0.25) is 5.95 Å². The lowest BCUT2D eigenvalue weighted by Crippen LogP contribution is -2.02. The lowest BCUT2D eigenvalue weighted by Gasteiger charge is -2.06. The average Bonchev–Trinajstić information content (AvgIpc) is 2.07. The van der Waals surface area contributed by atoms with E-state index >= 15 is 0 Å². The van der Waals surface area contributed by atoms with Gasteiger partial charge in [0.1, 0.15) is 4.60 Å². The monoisotopic (exact) mass is 217 g/mol. The molecule has 0 fully saturated rings. The molecule has 1 aromatic heterocycles. The second-order valence-electron chi connectivity index (χ2n) is 2.86. The first-order valence-electron chi connectivity index (χ1n) is 3.51. The third-order valence-corrected chi connectivity index (χ3v) is 2.26. The smallest absolute Gasteiger partial charge is 0.201 e. The fourth-order valence-corrected chi connectivity index (χ4v) is 2.03. The number of halogens is 1. The SMILES string of the molecule is CC(C)c1c(Br)nc(N)n1C. The molecule has 0 radical (unpaired) electrons. The molecular formula is C7H12BrN3. The van der Waals surface area contributed by atoms with Gasteiger partial charge in [0.05, 0.1) is 5.69 Å². The van der Waals surface area contributed by atoms with Crippen LogP contribution in [-0.2, 0) is 7.05 Å². The number of hydrogen-bond acceptors (Lipinski definition) is 2. The summed E-state index contributed by atoms with van der Waals surface area (Å²) in [4.78, 5) is 4.09. The number of aromatic nitrogens is 2. The van der Waals surface area contributed by atoms with E-state index in [0.29, 0.717) is 11.9 Å². The van der Waals surface area contributed by atoms with Crippen LogP contribution < -0.4 is 5.73 Å². The molecule has 1 rings (SSSR count). The van der Waals surface area contributed by atoms with Crippen LogP contribution in [-0.4, -0.2) is 9.55 Å². The molecule has 0 aliphatic rings. The zero-order valence-electron chi connectivity index (χ0n) is 6.93. The molecule has 1 aromatic rings. The average molecular weight is 218 g/mol. The standard InChI is InChI=1S/C7H12BrN3/c1-4(2)5-6(8)10-7(9)11(5)3/h4H,1-3H3,(H2,9,10).